The summed E-state index contributed by atoms with van der Waals surface area (Å²) in [7, 11) is -1.33. The molecule has 1 aromatic heterocycles. The molecular formula is C23H36F3N5O7S. The molecule has 2 fully saturated rings. The second kappa shape index (κ2) is 14.6. The Hall–Kier alpha value is -2.69. The minimum absolute atomic E-state index is 0.0126. The molecule has 2 aliphatic rings. The van der Waals surface area contributed by atoms with Gasteiger partial charge in [-0.2, -0.15) is 13.2 Å². The summed E-state index contributed by atoms with van der Waals surface area (Å²) in [5.41, 5.74) is 0.182. The fourth-order valence-electron chi connectivity index (χ4n) is 4.24. The highest BCUT2D eigenvalue weighted by Gasteiger charge is 2.38. The van der Waals surface area contributed by atoms with Crippen LogP contribution in [0.2, 0.25) is 0 Å². The van der Waals surface area contributed by atoms with Gasteiger partial charge < -0.3 is 24.7 Å². The van der Waals surface area contributed by atoms with E-state index in [-0.39, 0.29) is 17.0 Å². The standard InChI is InChI=1S/C21H35N5O5S.C2HF3O2/c1-3-32(29,30)23-17-15-19(21(27)28)20(22-16-17)26-9-5-18(6-10-26)24(2)7-4-8-25-11-13-31-14-12-25;3-2(4,5)1(6)7/h15-16,18,23H,3-14H2,1-2H3,(H,27,28);(H,6,7). The predicted molar refractivity (Wildman–Crippen MR) is 138 cm³/mol. The van der Waals surface area contributed by atoms with Gasteiger partial charge in [0.25, 0.3) is 0 Å². The lowest BCUT2D eigenvalue weighted by molar-refractivity contribution is -0.192. The molecule has 3 N–H and O–H groups in total. The molecule has 2 aliphatic heterocycles. The smallest absolute Gasteiger partial charge is 0.478 e. The lowest BCUT2D eigenvalue weighted by Gasteiger charge is -2.38. The Bertz CT molecular complexity index is 1060. The van der Waals surface area contributed by atoms with Crippen molar-refractivity contribution in [3.05, 3.63) is 17.8 Å². The predicted octanol–water partition coefficient (Wildman–Crippen LogP) is 1.80. The maximum Gasteiger partial charge on any atom is 0.490 e. The number of nitrogens with one attached hydrogen (secondary N) is 1. The first kappa shape index (κ1) is 32.5. The third-order valence-corrected chi connectivity index (χ3v) is 7.78. The van der Waals surface area contributed by atoms with Crippen LogP contribution in [0.15, 0.2) is 12.3 Å². The average Bonchev–Trinajstić information content (AvgIpc) is 2.89. The third kappa shape index (κ3) is 10.8. The number of rotatable bonds is 10. The number of alkyl halides is 3. The van der Waals surface area contributed by atoms with Gasteiger partial charge in [0.05, 0.1) is 30.9 Å². The highest BCUT2D eigenvalue weighted by Crippen LogP contribution is 2.26. The molecule has 0 radical (unpaired) electrons. The highest BCUT2D eigenvalue weighted by molar-refractivity contribution is 7.92. The number of piperidine rings is 1. The average molecular weight is 584 g/mol. The van der Waals surface area contributed by atoms with Crippen molar-refractivity contribution in [1.29, 1.82) is 0 Å². The number of aliphatic carboxylic acids is 1. The SMILES string of the molecule is CCS(=O)(=O)Nc1cnc(N2CCC(N(C)CCCN3CCOCC3)CC2)c(C(=O)O)c1.O=C(O)C(F)(F)F. The fourth-order valence-corrected chi connectivity index (χ4v) is 4.86. The normalized spacial score (nSPS) is 17.4. The van der Waals surface area contributed by atoms with Crippen molar-refractivity contribution in [3.63, 3.8) is 0 Å². The largest absolute Gasteiger partial charge is 0.490 e. The zero-order chi connectivity index (χ0) is 29.2. The Morgan fingerprint density at radius 2 is 1.77 bits per heavy atom. The van der Waals surface area contributed by atoms with Crippen molar-refractivity contribution < 1.29 is 46.1 Å². The van der Waals surface area contributed by atoms with E-state index in [1.165, 1.54) is 19.2 Å². The molecule has 16 heteroatoms. The number of nitrogens with zero attached hydrogens (tertiary/aromatic N) is 4. The molecule has 3 rings (SSSR count). The van der Waals surface area contributed by atoms with Gasteiger partial charge in [-0.1, -0.05) is 0 Å². The van der Waals surface area contributed by atoms with E-state index in [9.17, 15) is 31.5 Å². The molecule has 0 spiro atoms. The van der Waals surface area contributed by atoms with Gasteiger partial charge in [-0.3, -0.25) is 9.62 Å². The van der Waals surface area contributed by atoms with E-state index in [0.717, 1.165) is 58.7 Å². The van der Waals surface area contributed by atoms with Crippen LogP contribution < -0.4 is 9.62 Å². The van der Waals surface area contributed by atoms with E-state index in [0.29, 0.717) is 24.9 Å². The number of ether oxygens (including phenoxy) is 1. The summed E-state index contributed by atoms with van der Waals surface area (Å²) < 4.78 is 63.1. The number of aromatic nitrogens is 1. The summed E-state index contributed by atoms with van der Waals surface area (Å²) >= 11 is 0. The first-order valence-electron chi connectivity index (χ1n) is 12.5. The molecule has 0 amide bonds. The van der Waals surface area contributed by atoms with Gasteiger partial charge in [0.15, 0.2) is 0 Å². The quantitative estimate of drug-likeness (QED) is 0.370. The van der Waals surface area contributed by atoms with Crippen molar-refractivity contribution in [3.8, 4) is 0 Å². The Kier molecular flexibility index (Phi) is 12.2. The topological polar surface area (TPSA) is 153 Å². The molecule has 222 valence electrons. The Morgan fingerprint density at radius 3 is 2.28 bits per heavy atom. The number of hydrogen-bond acceptors (Lipinski definition) is 9. The van der Waals surface area contributed by atoms with E-state index in [1.54, 1.807) is 0 Å². The number of pyridine rings is 1. The Morgan fingerprint density at radius 1 is 1.18 bits per heavy atom. The number of carboxylic acids is 2. The lowest BCUT2D eigenvalue weighted by atomic mass is 10.0. The Balaban J connectivity index is 0.000000673. The fraction of sp³-hybridized carbons (Fsp3) is 0.696. The van der Waals surface area contributed by atoms with Crippen LogP contribution in [0.25, 0.3) is 0 Å². The van der Waals surface area contributed by atoms with E-state index < -0.39 is 28.1 Å². The summed E-state index contributed by atoms with van der Waals surface area (Å²) in [6.07, 6.45) is -0.715. The minimum Gasteiger partial charge on any atom is -0.478 e. The molecule has 3 heterocycles. The van der Waals surface area contributed by atoms with Crippen LogP contribution in [0.1, 0.15) is 36.5 Å². The number of morpholine rings is 1. The maximum absolute atomic E-state index is 11.8. The third-order valence-electron chi connectivity index (χ3n) is 6.47. The van der Waals surface area contributed by atoms with Crippen molar-refractivity contribution in [2.45, 2.75) is 38.4 Å². The number of carbonyl (C=O) groups is 2. The van der Waals surface area contributed by atoms with Crippen LogP contribution in [0.4, 0.5) is 24.7 Å². The summed E-state index contributed by atoms with van der Waals surface area (Å²) in [4.78, 5) is 31.8. The van der Waals surface area contributed by atoms with Crippen LogP contribution in [-0.4, -0.2) is 123 Å². The second-order valence-corrected chi connectivity index (χ2v) is 11.2. The number of aromatic carboxylic acids is 1. The summed E-state index contributed by atoms with van der Waals surface area (Å²) in [6.45, 7) is 8.75. The van der Waals surface area contributed by atoms with Crippen molar-refractivity contribution in [2.24, 2.45) is 0 Å². The molecular weight excluding hydrogens is 547 g/mol. The summed E-state index contributed by atoms with van der Waals surface area (Å²) in [5, 5.41) is 16.8. The van der Waals surface area contributed by atoms with Gasteiger partial charge in [0, 0.05) is 32.2 Å². The number of anilines is 2. The molecule has 1 aromatic rings. The number of hydrogen-bond donors (Lipinski definition) is 3. The molecule has 0 saturated carbocycles. The van der Waals surface area contributed by atoms with E-state index in [1.807, 2.05) is 4.90 Å². The monoisotopic (exact) mass is 583 g/mol. The van der Waals surface area contributed by atoms with Gasteiger partial charge >= 0.3 is 18.1 Å². The number of carboxylic acid groups (broad SMARTS) is 2. The first-order chi connectivity index (χ1) is 18.2. The summed E-state index contributed by atoms with van der Waals surface area (Å²) in [5.74, 6) is -3.57. The molecule has 0 aliphatic carbocycles. The highest BCUT2D eigenvalue weighted by atomic mass is 32.2. The zero-order valence-electron chi connectivity index (χ0n) is 22.0. The minimum atomic E-state index is -5.08. The van der Waals surface area contributed by atoms with Crippen LogP contribution in [0.3, 0.4) is 0 Å². The number of sulfonamides is 1. The molecule has 12 nitrogen and oxygen atoms in total. The molecule has 2 saturated heterocycles. The van der Waals surface area contributed by atoms with E-state index in [4.69, 9.17) is 14.6 Å². The van der Waals surface area contributed by atoms with Crippen LogP contribution >= 0.6 is 0 Å². The van der Waals surface area contributed by atoms with Gasteiger partial charge in [-0.25, -0.2) is 23.0 Å². The first-order valence-corrected chi connectivity index (χ1v) is 14.2. The van der Waals surface area contributed by atoms with Gasteiger partial charge in [0.1, 0.15) is 11.4 Å². The molecule has 0 atom stereocenters. The van der Waals surface area contributed by atoms with Crippen LogP contribution in [0.5, 0.6) is 0 Å². The number of halogens is 3. The lowest BCUT2D eigenvalue weighted by Crippen LogP contribution is -2.45. The van der Waals surface area contributed by atoms with Crippen molar-refractivity contribution >= 4 is 33.5 Å². The van der Waals surface area contributed by atoms with E-state index >= 15 is 0 Å². The van der Waals surface area contributed by atoms with Crippen molar-refractivity contribution in [2.75, 3.05) is 74.9 Å². The molecule has 0 bridgehead atoms. The Labute approximate surface area is 225 Å². The van der Waals surface area contributed by atoms with Gasteiger partial charge in [-0.05, 0) is 52.4 Å². The molecule has 0 aromatic carbocycles. The van der Waals surface area contributed by atoms with E-state index in [2.05, 4.69) is 26.6 Å². The van der Waals surface area contributed by atoms with Crippen LogP contribution in [0, 0.1) is 0 Å². The molecule has 0 unspecified atom stereocenters. The second-order valence-electron chi connectivity index (χ2n) is 9.22. The van der Waals surface area contributed by atoms with Crippen molar-refractivity contribution in [1.82, 2.24) is 14.8 Å². The van der Waals surface area contributed by atoms with Gasteiger partial charge in [-0.15, -0.1) is 0 Å². The zero-order valence-corrected chi connectivity index (χ0v) is 22.8. The molecule has 39 heavy (non-hydrogen) atoms. The van der Waals surface area contributed by atoms with Crippen LogP contribution in [-0.2, 0) is 19.6 Å². The van der Waals surface area contributed by atoms with Gasteiger partial charge in [0.2, 0.25) is 10.0 Å². The summed E-state index contributed by atoms with van der Waals surface area (Å²) in [6, 6.07) is 1.81. The maximum atomic E-state index is 11.8.